The van der Waals surface area contributed by atoms with Crippen molar-refractivity contribution in [3.05, 3.63) is 24.3 Å². The zero-order valence-corrected chi connectivity index (χ0v) is 15.4. The topological polar surface area (TPSA) is 54.9 Å². The third-order valence-electron chi connectivity index (χ3n) is 2.60. The average Bonchev–Trinajstić information content (AvgIpc) is 2.52. The molecular weight excluding hydrogens is 393 g/mol. The first-order valence-corrected chi connectivity index (χ1v) is 7.02. The Morgan fingerprint density at radius 1 is 1.23 bits per heavy atom. The van der Waals surface area contributed by atoms with Gasteiger partial charge in [-0.05, 0) is 31.2 Å². The normalized spacial score (nSPS) is 10.1. The van der Waals surface area contributed by atoms with Crippen molar-refractivity contribution in [2.75, 3.05) is 33.4 Å². The van der Waals surface area contributed by atoms with Crippen LogP contribution in [0.15, 0.2) is 29.3 Å². The summed E-state index contributed by atoms with van der Waals surface area (Å²) in [5.41, 5.74) is 0. The second-order valence-electron chi connectivity index (χ2n) is 4.20. The number of guanidine groups is 1. The van der Waals surface area contributed by atoms with Gasteiger partial charge in [-0.2, -0.15) is 0 Å². The minimum Gasteiger partial charge on any atom is -0.497 e. The van der Waals surface area contributed by atoms with Gasteiger partial charge in [0.15, 0.2) is 5.96 Å². The molecule has 0 aliphatic heterocycles. The van der Waals surface area contributed by atoms with Crippen molar-refractivity contribution in [2.45, 2.75) is 13.3 Å². The maximum Gasteiger partial charge on any atom is 0.192 e. The lowest BCUT2D eigenvalue weighted by Gasteiger charge is -2.09. The number of benzene rings is 1. The second kappa shape index (κ2) is 13.1. The van der Waals surface area contributed by atoms with Crippen LogP contribution in [-0.4, -0.2) is 39.3 Å². The van der Waals surface area contributed by atoms with Gasteiger partial charge in [0.2, 0.25) is 0 Å². The van der Waals surface area contributed by atoms with Gasteiger partial charge in [-0.15, -0.1) is 30.4 Å². The predicted octanol–water partition coefficient (Wildman–Crippen LogP) is 2.27. The number of nitrogens with zero attached hydrogens (tertiary/aromatic N) is 1. The van der Waals surface area contributed by atoms with Crippen LogP contribution in [0.5, 0.6) is 11.5 Å². The van der Waals surface area contributed by atoms with Gasteiger partial charge >= 0.3 is 0 Å². The van der Waals surface area contributed by atoms with E-state index in [1.165, 1.54) is 0 Å². The van der Waals surface area contributed by atoms with Crippen molar-refractivity contribution >= 4 is 29.9 Å². The summed E-state index contributed by atoms with van der Waals surface area (Å²) < 4.78 is 10.7. The van der Waals surface area contributed by atoms with Gasteiger partial charge in [0.05, 0.1) is 20.3 Å². The molecule has 0 saturated carbocycles. The zero-order chi connectivity index (χ0) is 15.3. The Balaban J connectivity index is 0.00000441. The van der Waals surface area contributed by atoms with E-state index in [1.807, 2.05) is 31.2 Å². The lowest BCUT2D eigenvalue weighted by atomic mass is 10.3. The van der Waals surface area contributed by atoms with Crippen molar-refractivity contribution < 1.29 is 9.47 Å². The first-order valence-electron chi connectivity index (χ1n) is 7.02. The molecule has 1 aromatic rings. The van der Waals surface area contributed by atoms with E-state index in [0.29, 0.717) is 19.7 Å². The van der Waals surface area contributed by atoms with Crippen LogP contribution in [-0.2, 0) is 0 Å². The molecule has 22 heavy (non-hydrogen) atoms. The van der Waals surface area contributed by atoms with E-state index < -0.39 is 0 Å². The fourth-order valence-electron chi connectivity index (χ4n) is 1.59. The monoisotopic (exact) mass is 417 g/mol. The van der Waals surface area contributed by atoms with E-state index in [-0.39, 0.29) is 24.0 Å². The van der Waals surface area contributed by atoms with Crippen LogP contribution in [0.3, 0.4) is 0 Å². The van der Waals surface area contributed by atoms with Gasteiger partial charge in [-0.3, -0.25) is 4.99 Å². The Hall–Kier alpha value is -1.62. The van der Waals surface area contributed by atoms with E-state index in [9.17, 15) is 0 Å². The molecule has 0 atom stereocenters. The highest BCUT2D eigenvalue weighted by Crippen LogP contribution is 2.16. The third kappa shape index (κ3) is 8.62. The fourth-order valence-corrected chi connectivity index (χ4v) is 1.59. The van der Waals surface area contributed by atoms with Crippen LogP contribution in [0.2, 0.25) is 0 Å². The van der Waals surface area contributed by atoms with E-state index in [2.05, 4.69) is 21.5 Å². The van der Waals surface area contributed by atoms with Crippen molar-refractivity contribution in [1.82, 2.24) is 10.6 Å². The van der Waals surface area contributed by atoms with Crippen molar-refractivity contribution in [3.8, 4) is 23.8 Å². The summed E-state index contributed by atoms with van der Waals surface area (Å²) in [5.74, 6) is 4.91. The van der Waals surface area contributed by atoms with E-state index in [0.717, 1.165) is 30.4 Å². The number of nitrogens with one attached hydrogen (secondary N) is 2. The second-order valence-corrected chi connectivity index (χ2v) is 4.20. The van der Waals surface area contributed by atoms with E-state index >= 15 is 0 Å². The Morgan fingerprint density at radius 3 is 2.50 bits per heavy atom. The zero-order valence-electron chi connectivity index (χ0n) is 13.1. The van der Waals surface area contributed by atoms with Crippen LogP contribution < -0.4 is 20.1 Å². The number of rotatable bonds is 8. The molecule has 0 aliphatic carbocycles. The highest BCUT2D eigenvalue weighted by atomic mass is 127. The van der Waals surface area contributed by atoms with E-state index in [4.69, 9.17) is 15.9 Å². The number of hydrogen-bond donors (Lipinski definition) is 2. The molecule has 0 bridgehead atoms. The molecule has 0 aliphatic rings. The van der Waals surface area contributed by atoms with Gasteiger partial charge in [0.1, 0.15) is 11.5 Å². The standard InChI is InChI=1S/C16H23N3O2.HI/c1-4-11-18-16(17-5-2)19-12-6-13-21-15-9-7-14(20-3)8-10-15;/h1,7-10H,5-6,11-13H2,2-3H3,(H2,17,18,19);1H. The highest BCUT2D eigenvalue weighted by molar-refractivity contribution is 14.0. The molecule has 0 amide bonds. The van der Waals surface area contributed by atoms with Crippen LogP contribution >= 0.6 is 24.0 Å². The summed E-state index contributed by atoms with van der Waals surface area (Å²) in [5, 5.41) is 6.17. The molecule has 0 aromatic heterocycles. The van der Waals surface area contributed by atoms with Crippen LogP contribution in [0, 0.1) is 12.3 Å². The summed E-state index contributed by atoms with van der Waals surface area (Å²) >= 11 is 0. The maximum atomic E-state index is 5.63. The largest absolute Gasteiger partial charge is 0.497 e. The number of ether oxygens (including phenoxy) is 2. The summed E-state index contributed by atoms with van der Waals surface area (Å²) in [6.07, 6.45) is 6.04. The highest BCUT2D eigenvalue weighted by Gasteiger charge is 1.96. The van der Waals surface area contributed by atoms with Gasteiger partial charge < -0.3 is 20.1 Å². The Kier molecular flexibility index (Phi) is 12.1. The fraction of sp³-hybridized carbons (Fsp3) is 0.438. The SMILES string of the molecule is C#CCNC(=NCCCOc1ccc(OC)cc1)NCC.I. The summed E-state index contributed by atoms with van der Waals surface area (Å²) in [6, 6.07) is 7.53. The van der Waals surface area contributed by atoms with E-state index in [1.54, 1.807) is 7.11 Å². The number of terminal acetylenes is 1. The molecule has 5 nitrogen and oxygen atoms in total. The third-order valence-corrected chi connectivity index (χ3v) is 2.60. The van der Waals surface area contributed by atoms with Crippen LogP contribution in [0.25, 0.3) is 0 Å². The molecule has 0 fully saturated rings. The minimum absolute atomic E-state index is 0. The Bertz CT molecular complexity index is 469. The average molecular weight is 417 g/mol. The van der Waals surface area contributed by atoms with Crippen LogP contribution in [0.4, 0.5) is 0 Å². The predicted molar refractivity (Wildman–Crippen MR) is 101 cm³/mol. The number of halogens is 1. The molecule has 0 spiro atoms. The van der Waals surface area contributed by atoms with Gasteiger partial charge in [-0.1, -0.05) is 5.92 Å². The lowest BCUT2D eigenvalue weighted by Crippen LogP contribution is -2.37. The molecule has 0 saturated heterocycles. The Labute approximate surface area is 149 Å². The Morgan fingerprint density at radius 2 is 1.91 bits per heavy atom. The minimum atomic E-state index is 0. The molecule has 2 N–H and O–H groups in total. The van der Waals surface area contributed by atoms with Crippen molar-refractivity contribution in [3.63, 3.8) is 0 Å². The number of hydrogen-bond acceptors (Lipinski definition) is 3. The molecule has 1 aromatic carbocycles. The molecule has 122 valence electrons. The van der Waals surface area contributed by atoms with Gasteiger partial charge in [0, 0.05) is 19.5 Å². The van der Waals surface area contributed by atoms with Crippen molar-refractivity contribution in [1.29, 1.82) is 0 Å². The first-order chi connectivity index (χ1) is 10.3. The quantitative estimate of drug-likeness (QED) is 0.224. The lowest BCUT2D eigenvalue weighted by molar-refractivity contribution is 0.312. The molecule has 0 radical (unpaired) electrons. The number of methoxy groups -OCH3 is 1. The number of aliphatic imine (C=N–C) groups is 1. The smallest absolute Gasteiger partial charge is 0.192 e. The molecule has 1 rings (SSSR count). The summed E-state index contributed by atoms with van der Waals surface area (Å²) in [4.78, 5) is 4.41. The molecule has 6 heteroatoms. The summed E-state index contributed by atoms with van der Waals surface area (Å²) in [7, 11) is 1.64. The first kappa shape index (κ1) is 20.4. The van der Waals surface area contributed by atoms with Crippen molar-refractivity contribution in [2.24, 2.45) is 4.99 Å². The summed E-state index contributed by atoms with van der Waals surface area (Å²) in [6.45, 7) is 4.58. The molecule has 0 unspecified atom stereocenters. The van der Waals surface area contributed by atoms with Crippen LogP contribution in [0.1, 0.15) is 13.3 Å². The maximum absolute atomic E-state index is 5.63. The van der Waals surface area contributed by atoms with Gasteiger partial charge in [0.25, 0.3) is 0 Å². The molecule has 0 heterocycles. The molecular formula is C16H24IN3O2. The van der Waals surface area contributed by atoms with Gasteiger partial charge in [-0.25, -0.2) is 0 Å².